The number of para-hydroxylation sites is 3. The second kappa shape index (κ2) is 8.98. The fourth-order valence-electron chi connectivity index (χ4n) is 3.76. The van der Waals surface area contributed by atoms with E-state index < -0.39 is 0 Å². The summed E-state index contributed by atoms with van der Waals surface area (Å²) in [6.45, 7) is 7.51. The minimum absolute atomic E-state index is 0.0750. The standard InChI is InChI=1S/C24H27N5OS/c1-5-28-22-14-10-9-13-21(22)25-24(28)31-16-23(30)27(4)15-20-17(2)26-29(18(20)3)19-11-7-6-8-12-19/h6-14H,5,15-16H2,1-4H3. The van der Waals surface area contributed by atoms with Gasteiger partial charge in [-0.1, -0.05) is 42.1 Å². The van der Waals surface area contributed by atoms with Crippen LogP contribution in [0.25, 0.3) is 16.7 Å². The molecule has 0 saturated heterocycles. The van der Waals surface area contributed by atoms with Gasteiger partial charge < -0.3 is 9.47 Å². The summed E-state index contributed by atoms with van der Waals surface area (Å²) < 4.78 is 4.10. The fraction of sp³-hybridized carbons (Fsp3) is 0.292. The molecule has 160 valence electrons. The van der Waals surface area contributed by atoms with E-state index >= 15 is 0 Å². The molecular weight excluding hydrogens is 406 g/mol. The van der Waals surface area contributed by atoms with Crippen LogP contribution in [0.2, 0.25) is 0 Å². The van der Waals surface area contributed by atoms with Crippen molar-refractivity contribution >= 4 is 28.7 Å². The molecule has 0 saturated carbocycles. The molecule has 0 aliphatic rings. The van der Waals surface area contributed by atoms with Crippen LogP contribution in [0, 0.1) is 13.8 Å². The van der Waals surface area contributed by atoms with E-state index in [2.05, 4.69) is 24.5 Å². The minimum atomic E-state index is 0.0750. The zero-order valence-electron chi connectivity index (χ0n) is 18.4. The summed E-state index contributed by atoms with van der Waals surface area (Å²) in [5, 5.41) is 5.58. The molecule has 0 radical (unpaired) electrons. The smallest absolute Gasteiger partial charge is 0.233 e. The lowest BCUT2D eigenvalue weighted by Gasteiger charge is -2.17. The highest BCUT2D eigenvalue weighted by Gasteiger charge is 2.18. The highest BCUT2D eigenvalue weighted by atomic mass is 32.2. The van der Waals surface area contributed by atoms with Gasteiger partial charge in [0.25, 0.3) is 0 Å². The summed E-state index contributed by atoms with van der Waals surface area (Å²) in [5.74, 6) is 0.427. The Balaban J connectivity index is 1.46. The normalized spacial score (nSPS) is 11.2. The number of rotatable bonds is 7. The van der Waals surface area contributed by atoms with Crippen molar-refractivity contribution in [1.82, 2.24) is 24.2 Å². The number of carbonyl (C=O) groups is 1. The number of benzene rings is 2. The van der Waals surface area contributed by atoms with Crippen molar-refractivity contribution in [2.45, 2.75) is 39.0 Å². The quantitative estimate of drug-likeness (QED) is 0.400. The summed E-state index contributed by atoms with van der Waals surface area (Å²) in [6.07, 6.45) is 0. The highest BCUT2D eigenvalue weighted by molar-refractivity contribution is 7.99. The number of aryl methyl sites for hydroxylation is 2. The molecule has 1 amide bonds. The van der Waals surface area contributed by atoms with E-state index in [1.54, 1.807) is 4.90 Å². The zero-order chi connectivity index (χ0) is 22.0. The third-order valence-corrected chi connectivity index (χ3v) is 6.48. The molecule has 4 aromatic rings. The van der Waals surface area contributed by atoms with Gasteiger partial charge in [0.15, 0.2) is 5.16 Å². The van der Waals surface area contributed by atoms with E-state index in [0.717, 1.165) is 45.4 Å². The van der Waals surface area contributed by atoms with Crippen molar-refractivity contribution < 1.29 is 4.79 Å². The van der Waals surface area contributed by atoms with Gasteiger partial charge in [-0.2, -0.15) is 5.10 Å². The van der Waals surface area contributed by atoms with Crippen LogP contribution in [-0.2, 0) is 17.9 Å². The molecule has 2 aromatic carbocycles. The largest absolute Gasteiger partial charge is 0.341 e. The maximum Gasteiger partial charge on any atom is 0.233 e. The predicted molar refractivity (Wildman–Crippen MR) is 126 cm³/mol. The van der Waals surface area contributed by atoms with E-state index in [9.17, 15) is 4.79 Å². The average Bonchev–Trinajstić information content (AvgIpc) is 3.29. The fourth-order valence-corrected chi connectivity index (χ4v) is 4.77. The molecule has 0 fully saturated rings. The first-order chi connectivity index (χ1) is 15.0. The van der Waals surface area contributed by atoms with Crippen LogP contribution in [0.5, 0.6) is 0 Å². The van der Waals surface area contributed by atoms with Gasteiger partial charge in [-0.25, -0.2) is 9.67 Å². The number of nitrogens with zero attached hydrogens (tertiary/aromatic N) is 5. The Morgan fingerprint density at radius 1 is 1.06 bits per heavy atom. The van der Waals surface area contributed by atoms with E-state index in [1.165, 1.54) is 11.8 Å². The van der Waals surface area contributed by atoms with Gasteiger partial charge in [0.2, 0.25) is 5.91 Å². The van der Waals surface area contributed by atoms with Crippen molar-refractivity contribution in [1.29, 1.82) is 0 Å². The summed E-state index contributed by atoms with van der Waals surface area (Å²) in [4.78, 5) is 19.4. The van der Waals surface area contributed by atoms with Crippen molar-refractivity contribution in [3.8, 4) is 5.69 Å². The van der Waals surface area contributed by atoms with Crippen LogP contribution in [0.15, 0.2) is 59.8 Å². The van der Waals surface area contributed by atoms with Gasteiger partial charge in [-0.15, -0.1) is 0 Å². The number of amides is 1. The number of carbonyl (C=O) groups excluding carboxylic acids is 1. The SMILES string of the molecule is CCn1c(SCC(=O)N(C)Cc2c(C)nn(-c3ccccc3)c2C)nc2ccccc21. The first-order valence-electron chi connectivity index (χ1n) is 10.4. The van der Waals surface area contributed by atoms with Crippen LogP contribution in [-0.4, -0.2) is 42.9 Å². The zero-order valence-corrected chi connectivity index (χ0v) is 19.2. The van der Waals surface area contributed by atoms with Gasteiger partial charge in [-0.3, -0.25) is 4.79 Å². The lowest BCUT2D eigenvalue weighted by molar-refractivity contribution is -0.127. The number of aromatic nitrogens is 4. The molecule has 0 aliphatic heterocycles. The Bertz CT molecular complexity index is 1210. The molecule has 2 heterocycles. The summed E-state index contributed by atoms with van der Waals surface area (Å²) in [5.41, 5.74) is 6.19. The molecule has 0 atom stereocenters. The first kappa shape index (κ1) is 21.2. The number of hydrogen-bond acceptors (Lipinski definition) is 4. The Hall–Kier alpha value is -3.06. The van der Waals surface area contributed by atoms with Crippen molar-refractivity contribution in [2.75, 3.05) is 12.8 Å². The molecular formula is C24H27N5OS. The minimum Gasteiger partial charge on any atom is -0.341 e. The Morgan fingerprint density at radius 3 is 2.52 bits per heavy atom. The maximum absolute atomic E-state index is 12.9. The number of hydrogen-bond donors (Lipinski definition) is 0. The molecule has 0 spiro atoms. The molecule has 7 heteroatoms. The lowest BCUT2D eigenvalue weighted by atomic mass is 10.2. The lowest BCUT2D eigenvalue weighted by Crippen LogP contribution is -2.28. The Morgan fingerprint density at radius 2 is 1.77 bits per heavy atom. The van der Waals surface area contributed by atoms with Gasteiger partial charge in [0.1, 0.15) is 0 Å². The second-order valence-corrected chi connectivity index (χ2v) is 8.51. The van der Waals surface area contributed by atoms with Gasteiger partial charge >= 0.3 is 0 Å². The van der Waals surface area contributed by atoms with Crippen LogP contribution < -0.4 is 0 Å². The van der Waals surface area contributed by atoms with Gasteiger partial charge in [0, 0.05) is 31.4 Å². The van der Waals surface area contributed by atoms with E-state index in [1.807, 2.05) is 67.2 Å². The number of imidazole rings is 1. The Kier molecular flexibility index (Phi) is 6.13. The van der Waals surface area contributed by atoms with Crippen LogP contribution in [0.4, 0.5) is 0 Å². The molecule has 31 heavy (non-hydrogen) atoms. The van der Waals surface area contributed by atoms with Crippen molar-refractivity contribution in [2.24, 2.45) is 0 Å². The van der Waals surface area contributed by atoms with Crippen LogP contribution in [0.1, 0.15) is 23.9 Å². The average molecular weight is 434 g/mol. The van der Waals surface area contributed by atoms with Crippen molar-refractivity contribution in [3.63, 3.8) is 0 Å². The monoisotopic (exact) mass is 433 g/mol. The molecule has 0 bridgehead atoms. The van der Waals surface area contributed by atoms with E-state index in [0.29, 0.717) is 12.3 Å². The van der Waals surface area contributed by atoms with Gasteiger partial charge in [-0.05, 0) is 45.0 Å². The number of thioether (sulfide) groups is 1. The molecule has 2 aromatic heterocycles. The summed E-state index contributed by atoms with van der Waals surface area (Å²) in [7, 11) is 1.85. The van der Waals surface area contributed by atoms with E-state index in [-0.39, 0.29) is 5.91 Å². The third kappa shape index (κ3) is 4.23. The molecule has 0 N–H and O–H groups in total. The maximum atomic E-state index is 12.9. The van der Waals surface area contributed by atoms with E-state index in [4.69, 9.17) is 10.1 Å². The first-order valence-corrected chi connectivity index (χ1v) is 11.4. The molecule has 4 rings (SSSR count). The molecule has 6 nitrogen and oxygen atoms in total. The van der Waals surface area contributed by atoms with Crippen molar-refractivity contribution in [3.05, 3.63) is 71.5 Å². The third-order valence-electron chi connectivity index (χ3n) is 5.52. The highest BCUT2D eigenvalue weighted by Crippen LogP contribution is 2.25. The number of fused-ring (bicyclic) bond motifs is 1. The summed E-state index contributed by atoms with van der Waals surface area (Å²) in [6, 6.07) is 18.2. The topological polar surface area (TPSA) is 56.0 Å². The van der Waals surface area contributed by atoms with Crippen LogP contribution in [0.3, 0.4) is 0 Å². The van der Waals surface area contributed by atoms with Gasteiger partial charge in [0.05, 0.1) is 28.2 Å². The van der Waals surface area contributed by atoms with Crippen LogP contribution >= 0.6 is 11.8 Å². The molecule has 0 aliphatic carbocycles. The summed E-state index contributed by atoms with van der Waals surface area (Å²) >= 11 is 1.49. The Labute approximate surface area is 186 Å². The molecule has 0 unspecified atom stereocenters. The second-order valence-electron chi connectivity index (χ2n) is 7.56. The predicted octanol–water partition coefficient (Wildman–Crippen LogP) is 4.61.